The molecule has 0 bridgehead atoms. The minimum absolute atomic E-state index is 0.0417. The Labute approximate surface area is 101 Å². The zero-order valence-corrected chi connectivity index (χ0v) is 10.7. The predicted octanol–water partition coefficient (Wildman–Crippen LogP) is 1.09. The van der Waals surface area contributed by atoms with Crippen LogP contribution < -0.4 is 0 Å². The summed E-state index contributed by atoms with van der Waals surface area (Å²) in [5.41, 5.74) is 0.401. The fourth-order valence-electron chi connectivity index (χ4n) is 1.27. The number of nitrogens with one attached hydrogen (secondary N) is 1. The van der Waals surface area contributed by atoms with Crippen molar-refractivity contribution in [2.24, 2.45) is 0 Å². The maximum Gasteiger partial charge on any atom is 0.332 e. The van der Waals surface area contributed by atoms with Crippen molar-refractivity contribution in [3.05, 3.63) is 11.9 Å². The Morgan fingerprint density at radius 3 is 2.76 bits per heavy atom. The Morgan fingerprint density at radius 1 is 1.53 bits per heavy atom. The van der Waals surface area contributed by atoms with E-state index >= 15 is 0 Å². The van der Waals surface area contributed by atoms with Crippen LogP contribution in [0.1, 0.15) is 33.4 Å². The quantitative estimate of drug-likeness (QED) is 0.781. The maximum atomic E-state index is 11.4. The molecule has 0 aliphatic carbocycles. The van der Waals surface area contributed by atoms with E-state index in [0.29, 0.717) is 6.42 Å². The molecule has 0 aliphatic rings. The fourth-order valence-corrected chi connectivity index (χ4v) is 1.27. The molecule has 1 rings (SSSR count). The van der Waals surface area contributed by atoms with E-state index in [1.807, 2.05) is 27.7 Å². The molecule has 6 heteroatoms. The monoisotopic (exact) mass is 241 g/mol. The molecule has 96 valence electrons. The lowest BCUT2D eigenvalue weighted by Crippen LogP contribution is -2.28. The third-order valence-electron chi connectivity index (χ3n) is 1.88. The van der Waals surface area contributed by atoms with Crippen molar-refractivity contribution >= 4 is 5.97 Å². The molecule has 0 unspecified atom stereocenters. The van der Waals surface area contributed by atoms with Gasteiger partial charge in [-0.1, -0.05) is 5.21 Å². The van der Waals surface area contributed by atoms with Gasteiger partial charge in [0.15, 0.2) is 0 Å². The van der Waals surface area contributed by atoms with E-state index in [0.717, 1.165) is 5.69 Å². The lowest BCUT2D eigenvalue weighted by Gasteiger charge is -2.20. The highest BCUT2D eigenvalue weighted by Gasteiger charge is 2.17. The van der Waals surface area contributed by atoms with Crippen molar-refractivity contribution in [3.8, 4) is 0 Å². The van der Waals surface area contributed by atoms with Gasteiger partial charge in [-0.05, 0) is 27.7 Å². The highest BCUT2D eigenvalue weighted by atomic mass is 16.6. The highest BCUT2D eigenvalue weighted by Crippen LogP contribution is 2.08. The summed E-state index contributed by atoms with van der Waals surface area (Å²) < 4.78 is 10.5. The second kappa shape index (κ2) is 5.77. The van der Waals surface area contributed by atoms with Gasteiger partial charge in [0.25, 0.3) is 0 Å². The number of aromatic amines is 1. The molecule has 0 radical (unpaired) electrons. The second-order valence-electron chi connectivity index (χ2n) is 4.89. The maximum absolute atomic E-state index is 11.4. The van der Waals surface area contributed by atoms with Crippen molar-refractivity contribution in [3.63, 3.8) is 0 Å². The van der Waals surface area contributed by atoms with Gasteiger partial charge in [0.1, 0.15) is 12.2 Å². The number of esters is 1. The van der Waals surface area contributed by atoms with Crippen LogP contribution >= 0.6 is 0 Å². The molecule has 1 aromatic rings. The van der Waals surface area contributed by atoms with E-state index in [1.165, 1.54) is 0 Å². The number of rotatable bonds is 5. The summed E-state index contributed by atoms with van der Waals surface area (Å²) >= 11 is 0. The van der Waals surface area contributed by atoms with Gasteiger partial charge < -0.3 is 9.47 Å². The lowest BCUT2D eigenvalue weighted by molar-refractivity contribution is -0.161. The first-order chi connectivity index (χ1) is 7.87. The summed E-state index contributed by atoms with van der Waals surface area (Å²) in [6.07, 6.45) is 2.17. The van der Waals surface area contributed by atoms with Crippen molar-refractivity contribution in [2.45, 2.75) is 45.8 Å². The fraction of sp³-hybridized carbons (Fsp3) is 0.727. The Hall–Kier alpha value is -1.43. The van der Waals surface area contributed by atoms with Crippen LogP contribution in [0.3, 0.4) is 0 Å². The van der Waals surface area contributed by atoms with Crippen molar-refractivity contribution < 1.29 is 14.3 Å². The molecule has 0 amide bonds. The Balaban J connectivity index is 2.24. The third-order valence-corrected chi connectivity index (χ3v) is 1.88. The van der Waals surface area contributed by atoms with Gasteiger partial charge in [0.2, 0.25) is 0 Å². The smallest absolute Gasteiger partial charge is 0.332 e. The normalized spacial score (nSPS) is 13.4. The zero-order valence-electron chi connectivity index (χ0n) is 10.7. The summed E-state index contributed by atoms with van der Waals surface area (Å²) in [7, 11) is 0. The largest absolute Gasteiger partial charge is 0.458 e. The number of hydrogen-bond donors (Lipinski definition) is 1. The molecule has 0 spiro atoms. The molecule has 1 heterocycles. The van der Waals surface area contributed by atoms with Crippen LogP contribution in [-0.2, 0) is 20.7 Å². The number of ether oxygens (including phenoxy) is 2. The molecular weight excluding hydrogens is 222 g/mol. The van der Waals surface area contributed by atoms with Crippen LogP contribution in [0.25, 0.3) is 0 Å². The van der Waals surface area contributed by atoms with Crippen LogP contribution in [0, 0.1) is 0 Å². The van der Waals surface area contributed by atoms with Crippen LogP contribution in [-0.4, -0.2) is 39.7 Å². The second-order valence-corrected chi connectivity index (χ2v) is 4.89. The predicted molar refractivity (Wildman–Crippen MR) is 61.3 cm³/mol. The van der Waals surface area contributed by atoms with Crippen LogP contribution in [0.4, 0.5) is 0 Å². The number of carbonyl (C=O) groups excluding carboxylic acids is 1. The first kappa shape index (κ1) is 13.6. The van der Waals surface area contributed by atoms with Crippen LogP contribution in [0.5, 0.6) is 0 Å². The number of aromatic nitrogens is 3. The topological polar surface area (TPSA) is 77.1 Å². The van der Waals surface area contributed by atoms with E-state index in [-0.39, 0.29) is 18.7 Å². The van der Waals surface area contributed by atoms with E-state index in [1.54, 1.807) is 6.20 Å². The van der Waals surface area contributed by atoms with Gasteiger partial charge in [-0.3, -0.25) is 5.10 Å². The molecule has 0 aromatic carbocycles. The van der Waals surface area contributed by atoms with Gasteiger partial charge in [-0.25, -0.2) is 4.79 Å². The van der Waals surface area contributed by atoms with Crippen molar-refractivity contribution in [1.82, 2.24) is 15.4 Å². The first-order valence-corrected chi connectivity index (χ1v) is 5.55. The summed E-state index contributed by atoms with van der Waals surface area (Å²) in [4.78, 5) is 11.4. The van der Waals surface area contributed by atoms with E-state index in [9.17, 15) is 4.79 Å². The van der Waals surface area contributed by atoms with Gasteiger partial charge >= 0.3 is 5.97 Å². The van der Waals surface area contributed by atoms with Gasteiger partial charge in [-0.15, -0.1) is 5.10 Å². The summed E-state index contributed by atoms with van der Waals surface area (Å²) in [5.74, 6) is -0.355. The number of hydrogen-bond acceptors (Lipinski definition) is 5. The van der Waals surface area contributed by atoms with E-state index < -0.39 is 5.60 Å². The van der Waals surface area contributed by atoms with Gasteiger partial charge in [-0.2, -0.15) is 0 Å². The number of H-pyrrole nitrogens is 1. The molecule has 17 heavy (non-hydrogen) atoms. The van der Waals surface area contributed by atoms with E-state index in [4.69, 9.17) is 9.47 Å². The van der Waals surface area contributed by atoms with Crippen LogP contribution in [0.2, 0.25) is 0 Å². The van der Waals surface area contributed by atoms with Gasteiger partial charge in [0, 0.05) is 6.42 Å². The minimum atomic E-state index is -0.475. The molecule has 1 atom stereocenters. The Morgan fingerprint density at radius 2 is 2.24 bits per heavy atom. The highest BCUT2D eigenvalue weighted by molar-refractivity contribution is 5.71. The zero-order chi connectivity index (χ0) is 12.9. The SMILES string of the molecule is C[C@H](Cc1cnn[nH]1)OCC(=O)OC(C)(C)C. The molecule has 0 aliphatic heterocycles. The summed E-state index contributed by atoms with van der Waals surface area (Å²) in [5, 5.41) is 10.00. The summed E-state index contributed by atoms with van der Waals surface area (Å²) in [6, 6.07) is 0. The average molecular weight is 241 g/mol. The number of carbonyl (C=O) groups is 1. The Bertz CT molecular complexity index is 343. The van der Waals surface area contributed by atoms with E-state index in [2.05, 4.69) is 15.4 Å². The molecule has 0 fully saturated rings. The molecule has 1 N–H and O–H groups in total. The lowest BCUT2D eigenvalue weighted by atomic mass is 10.2. The third kappa shape index (κ3) is 6.01. The molecule has 0 saturated heterocycles. The standard InChI is InChI=1S/C11H19N3O3/c1-8(5-9-6-12-14-13-9)16-7-10(15)17-11(2,3)4/h6,8H,5,7H2,1-4H3,(H,12,13,14)/t8-/m1/s1. The minimum Gasteiger partial charge on any atom is -0.458 e. The molecule has 0 saturated carbocycles. The molecule has 6 nitrogen and oxygen atoms in total. The van der Waals surface area contributed by atoms with Crippen LogP contribution in [0.15, 0.2) is 6.20 Å². The molecular formula is C11H19N3O3. The number of nitrogens with zero attached hydrogens (tertiary/aromatic N) is 2. The Kier molecular flexibility index (Phi) is 4.62. The van der Waals surface area contributed by atoms with Gasteiger partial charge in [0.05, 0.1) is 18.0 Å². The first-order valence-electron chi connectivity index (χ1n) is 5.55. The average Bonchev–Trinajstić information content (AvgIpc) is 2.64. The van der Waals surface area contributed by atoms with Crippen molar-refractivity contribution in [2.75, 3.05) is 6.61 Å². The molecule has 1 aromatic heterocycles. The summed E-state index contributed by atoms with van der Waals surface area (Å²) in [6.45, 7) is 7.31. The van der Waals surface area contributed by atoms with Crippen molar-refractivity contribution in [1.29, 1.82) is 0 Å².